The van der Waals surface area contributed by atoms with E-state index < -0.39 is 47.6 Å². The molecule has 28 heavy (non-hydrogen) atoms. The lowest BCUT2D eigenvalue weighted by molar-refractivity contribution is -0.386. The Morgan fingerprint density at radius 3 is 2.61 bits per heavy atom. The van der Waals surface area contributed by atoms with E-state index in [1.54, 1.807) is 0 Å². The van der Waals surface area contributed by atoms with Gasteiger partial charge in [0, 0.05) is 11.6 Å². The highest BCUT2D eigenvalue weighted by Gasteiger charge is 2.23. The summed E-state index contributed by atoms with van der Waals surface area (Å²) in [7, 11) is 0. The lowest BCUT2D eigenvalue weighted by Gasteiger charge is -2.15. The Bertz CT molecular complexity index is 929. The first-order valence-electron chi connectivity index (χ1n) is 8.18. The molecule has 0 aliphatic heterocycles. The Balaban J connectivity index is 1.90. The second-order valence-electron chi connectivity index (χ2n) is 6.05. The number of aromatic nitrogens is 2. The molecule has 0 radical (unpaired) electrons. The molecule has 1 amide bonds. The monoisotopic (exact) mass is 396 g/mol. The molecule has 2 rings (SSSR count). The first kappa shape index (κ1) is 20.9. The minimum absolute atomic E-state index is 0.0797. The maximum absolute atomic E-state index is 13.7. The normalized spacial score (nSPS) is 11.8. The van der Waals surface area contributed by atoms with Crippen LogP contribution in [0.2, 0.25) is 0 Å². The Morgan fingerprint density at radius 2 is 2.04 bits per heavy atom. The van der Waals surface area contributed by atoms with Gasteiger partial charge in [0.1, 0.15) is 29.6 Å². The average Bonchev–Trinajstić information content (AvgIpc) is 2.86. The number of benzene rings is 1. The molecule has 150 valence electrons. The number of ether oxygens (including phenoxy) is 1. The van der Waals surface area contributed by atoms with Crippen LogP contribution in [0.1, 0.15) is 29.9 Å². The number of nitrogens with zero attached hydrogens (tertiary/aromatic N) is 3. The second kappa shape index (κ2) is 8.55. The van der Waals surface area contributed by atoms with Crippen molar-refractivity contribution in [3.05, 3.63) is 56.9 Å². The van der Waals surface area contributed by atoms with E-state index in [-0.39, 0.29) is 22.6 Å². The van der Waals surface area contributed by atoms with Crippen LogP contribution in [0.5, 0.6) is 0 Å². The molecule has 2 aromatic rings. The molecule has 1 heterocycles. The topological polar surface area (TPSA) is 116 Å². The van der Waals surface area contributed by atoms with Crippen LogP contribution in [0.4, 0.5) is 14.5 Å². The minimum Gasteiger partial charge on any atom is -0.454 e. The summed E-state index contributed by atoms with van der Waals surface area (Å²) >= 11 is 0. The fraction of sp³-hybridized carbons (Fsp3) is 0.353. The van der Waals surface area contributed by atoms with E-state index >= 15 is 0 Å². The fourth-order valence-corrected chi connectivity index (χ4v) is 2.63. The molecule has 11 heteroatoms. The maximum Gasteiger partial charge on any atom is 0.328 e. The predicted octanol–water partition coefficient (Wildman–Crippen LogP) is 2.11. The highest BCUT2D eigenvalue weighted by molar-refractivity contribution is 5.80. The standard InChI is InChI=1S/C17H18F2N4O5/c1-9(13-5-4-12(18)6-14(13)19)20-15(24)8-28-16(25)7-22-11(3)17(23(26)27)10(2)21-22/h4-6,9H,7-8H2,1-3H3,(H,20,24)/t9-/m1/s1. The summed E-state index contributed by atoms with van der Waals surface area (Å²) in [5.41, 5.74) is 0.226. The van der Waals surface area contributed by atoms with E-state index in [1.165, 1.54) is 26.8 Å². The van der Waals surface area contributed by atoms with E-state index in [2.05, 4.69) is 10.4 Å². The van der Waals surface area contributed by atoms with E-state index in [0.29, 0.717) is 6.07 Å². The molecule has 1 atom stereocenters. The van der Waals surface area contributed by atoms with Crippen LogP contribution < -0.4 is 5.32 Å². The molecular formula is C17H18F2N4O5. The van der Waals surface area contributed by atoms with Crippen molar-refractivity contribution in [3.63, 3.8) is 0 Å². The molecule has 0 aliphatic carbocycles. The smallest absolute Gasteiger partial charge is 0.328 e. The van der Waals surface area contributed by atoms with Crippen LogP contribution in [-0.2, 0) is 20.9 Å². The van der Waals surface area contributed by atoms with Crippen molar-refractivity contribution in [2.24, 2.45) is 0 Å². The average molecular weight is 396 g/mol. The summed E-state index contributed by atoms with van der Waals surface area (Å²) < 4.78 is 32.6. The molecule has 1 aromatic carbocycles. The Labute approximate surface area is 158 Å². The van der Waals surface area contributed by atoms with Crippen molar-refractivity contribution >= 4 is 17.6 Å². The third-order valence-electron chi connectivity index (χ3n) is 3.98. The van der Waals surface area contributed by atoms with Gasteiger partial charge in [-0.2, -0.15) is 5.10 Å². The van der Waals surface area contributed by atoms with Gasteiger partial charge < -0.3 is 10.1 Å². The maximum atomic E-state index is 13.7. The van der Waals surface area contributed by atoms with Gasteiger partial charge in [-0.3, -0.25) is 24.4 Å². The van der Waals surface area contributed by atoms with Gasteiger partial charge in [-0.05, 0) is 26.8 Å². The zero-order valence-electron chi connectivity index (χ0n) is 15.4. The second-order valence-corrected chi connectivity index (χ2v) is 6.05. The largest absolute Gasteiger partial charge is 0.454 e. The molecular weight excluding hydrogens is 378 g/mol. The Morgan fingerprint density at radius 1 is 1.36 bits per heavy atom. The van der Waals surface area contributed by atoms with E-state index in [1.807, 2.05) is 0 Å². The number of hydrogen-bond donors (Lipinski definition) is 1. The van der Waals surface area contributed by atoms with E-state index in [4.69, 9.17) is 4.74 Å². The van der Waals surface area contributed by atoms with E-state index in [0.717, 1.165) is 10.7 Å². The van der Waals surface area contributed by atoms with Crippen LogP contribution in [0.25, 0.3) is 0 Å². The quantitative estimate of drug-likeness (QED) is 0.435. The highest BCUT2D eigenvalue weighted by Crippen LogP contribution is 2.21. The van der Waals surface area contributed by atoms with Gasteiger partial charge in [-0.1, -0.05) is 6.07 Å². The molecule has 0 spiro atoms. The predicted molar refractivity (Wildman–Crippen MR) is 92.2 cm³/mol. The van der Waals surface area contributed by atoms with Crippen molar-refractivity contribution in [1.82, 2.24) is 15.1 Å². The summed E-state index contributed by atoms with van der Waals surface area (Å²) in [4.78, 5) is 34.1. The van der Waals surface area contributed by atoms with Crippen LogP contribution in [0.15, 0.2) is 18.2 Å². The summed E-state index contributed by atoms with van der Waals surface area (Å²) in [6.07, 6.45) is 0. The van der Waals surface area contributed by atoms with Gasteiger partial charge >= 0.3 is 11.7 Å². The third kappa shape index (κ3) is 4.87. The first-order valence-corrected chi connectivity index (χ1v) is 8.18. The Kier molecular flexibility index (Phi) is 6.39. The van der Waals surface area contributed by atoms with Gasteiger partial charge in [0.25, 0.3) is 5.91 Å². The van der Waals surface area contributed by atoms with Crippen molar-refractivity contribution in [3.8, 4) is 0 Å². The van der Waals surface area contributed by atoms with Gasteiger partial charge in [-0.15, -0.1) is 0 Å². The zero-order valence-corrected chi connectivity index (χ0v) is 15.4. The number of halogens is 2. The lowest BCUT2D eigenvalue weighted by Crippen LogP contribution is -2.32. The first-order chi connectivity index (χ1) is 13.1. The summed E-state index contributed by atoms with van der Waals surface area (Å²) in [5.74, 6) is -3.06. The molecule has 0 aliphatic rings. The summed E-state index contributed by atoms with van der Waals surface area (Å²) in [6, 6.07) is 2.20. The molecule has 0 saturated carbocycles. The van der Waals surface area contributed by atoms with Crippen LogP contribution in [-0.4, -0.2) is 33.2 Å². The molecule has 1 aromatic heterocycles. The molecule has 0 fully saturated rings. The third-order valence-corrected chi connectivity index (χ3v) is 3.98. The van der Waals surface area contributed by atoms with E-state index in [9.17, 15) is 28.5 Å². The summed E-state index contributed by atoms with van der Waals surface area (Å²) in [6.45, 7) is 3.34. The van der Waals surface area contributed by atoms with Gasteiger partial charge in [-0.25, -0.2) is 8.78 Å². The van der Waals surface area contributed by atoms with Gasteiger partial charge in [0.15, 0.2) is 6.61 Å². The molecule has 0 saturated heterocycles. The number of nitrogens with one attached hydrogen (secondary N) is 1. The number of nitro groups is 1. The van der Waals surface area contributed by atoms with Crippen LogP contribution >= 0.6 is 0 Å². The number of hydrogen-bond acceptors (Lipinski definition) is 6. The molecule has 9 nitrogen and oxygen atoms in total. The number of carbonyl (C=O) groups is 2. The molecule has 0 bridgehead atoms. The molecule has 0 unspecified atom stereocenters. The van der Waals surface area contributed by atoms with Crippen molar-refractivity contribution in [2.75, 3.05) is 6.61 Å². The number of aryl methyl sites for hydroxylation is 1. The lowest BCUT2D eigenvalue weighted by atomic mass is 10.1. The highest BCUT2D eigenvalue weighted by atomic mass is 19.1. The zero-order chi connectivity index (χ0) is 21.0. The van der Waals surface area contributed by atoms with Gasteiger partial charge in [0.05, 0.1) is 11.0 Å². The number of rotatable bonds is 7. The van der Waals surface area contributed by atoms with Crippen molar-refractivity contribution < 1.29 is 28.0 Å². The Hall–Kier alpha value is -3.37. The van der Waals surface area contributed by atoms with Crippen molar-refractivity contribution in [1.29, 1.82) is 0 Å². The fourth-order valence-electron chi connectivity index (χ4n) is 2.63. The van der Waals surface area contributed by atoms with Gasteiger partial charge in [0.2, 0.25) is 0 Å². The minimum atomic E-state index is -0.823. The SMILES string of the molecule is Cc1nn(CC(=O)OCC(=O)N[C@H](C)c2ccc(F)cc2F)c(C)c1[N+](=O)[O-]. The summed E-state index contributed by atoms with van der Waals surface area (Å²) in [5, 5.41) is 17.3. The van der Waals surface area contributed by atoms with Crippen LogP contribution in [0, 0.1) is 35.6 Å². The number of amides is 1. The molecule has 1 N–H and O–H groups in total. The number of carbonyl (C=O) groups excluding carboxylic acids is 2. The van der Waals surface area contributed by atoms with Crippen LogP contribution in [0.3, 0.4) is 0 Å². The number of esters is 1. The van der Waals surface area contributed by atoms with Crippen molar-refractivity contribution in [2.45, 2.75) is 33.4 Å².